The van der Waals surface area contributed by atoms with Crippen molar-refractivity contribution in [2.24, 2.45) is 0 Å². The van der Waals surface area contributed by atoms with E-state index in [-0.39, 0.29) is 18.2 Å². The minimum Gasteiger partial charge on any atom is -0.486 e. The fourth-order valence-electron chi connectivity index (χ4n) is 3.12. The molecule has 5 heteroatoms. The van der Waals surface area contributed by atoms with E-state index >= 15 is 0 Å². The molecule has 0 unspecified atom stereocenters. The molecular weight excluding hydrogens is 304 g/mol. The van der Waals surface area contributed by atoms with Gasteiger partial charge in [0.25, 0.3) is 0 Å². The molecule has 5 nitrogen and oxygen atoms in total. The van der Waals surface area contributed by atoms with Crippen LogP contribution in [0.15, 0.2) is 54.6 Å². The van der Waals surface area contributed by atoms with Crippen LogP contribution in [0.1, 0.15) is 18.0 Å². The summed E-state index contributed by atoms with van der Waals surface area (Å²) in [5.74, 6) is 1.49. The van der Waals surface area contributed by atoms with Crippen molar-refractivity contribution >= 4 is 6.03 Å². The van der Waals surface area contributed by atoms with Crippen LogP contribution in [0.2, 0.25) is 0 Å². The van der Waals surface area contributed by atoms with Crippen molar-refractivity contribution in [2.75, 3.05) is 19.7 Å². The molecule has 1 fully saturated rings. The maximum absolute atomic E-state index is 12.4. The average Bonchev–Trinajstić information content (AvgIpc) is 2.60. The number of fused-ring (bicyclic) bond motifs is 1. The number of nitrogens with zero attached hydrogens (tertiary/aromatic N) is 1. The second-order valence-electron chi connectivity index (χ2n) is 6.09. The zero-order valence-electron chi connectivity index (χ0n) is 13.4. The maximum atomic E-state index is 12.4. The van der Waals surface area contributed by atoms with E-state index in [1.54, 1.807) is 0 Å². The fraction of sp³-hybridized carbons (Fsp3) is 0.316. The van der Waals surface area contributed by atoms with Crippen LogP contribution in [0.3, 0.4) is 0 Å². The van der Waals surface area contributed by atoms with Crippen LogP contribution in [0.4, 0.5) is 4.79 Å². The standard InChI is InChI=1S/C19H20N2O3/c22-19(21-11-10-16(21)14-6-2-1-3-7-14)20-12-15-13-23-17-8-4-5-9-18(17)24-15/h1-9,15-16H,10-13H2,(H,20,22)/t15-,16-/m1/s1. The van der Waals surface area contributed by atoms with Crippen molar-refractivity contribution in [1.82, 2.24) is 10.2 Å². The monoisotopic (exact) mass is 324 g/mol. The third-order valence-corrected chi connectivity index (χ3v) is 4.51. The number of amides is 2. The molecule has 2 atom stereocenters. The maximum Gasteiger partial charge on any atom is 0.318 e. The summed E-state index contributed by atoms with van der Waals surface area (Å²) < 4.78 is 11.5. The van der Waals surface area contributed by atoms with Crippen LogP contribution in [-0.4, -0.2) is 36.7 Å². The zero-order valence-corrected chi connectivity index (χ0v) is 13.4. The van der Waals surface area contributed by atoms with Crippen molar-refractivity contribution in [2.45, 2.75) is 18.6 Å². The Morgan fingerprint density at radius 2 is 1.83 bits per heavy atom. The molecule has 0 spiro atoms. The molecule has 2 aliphatic rings. The highest BCUT2D eigenvalue weighted by molar-refractivity contribution is 5.75. The molecule has 124 valence electrons. The molecule has 2 amide bonds. The van der Waals surface area contributed by atoms with Gasteiger partial charge in [0, 0.05) is 6.54 Å². The van der Waals surface area contributed by atoms with E-state index in [9.17, 15) is 4.79 Å². The molecule has 1 N–H and O–H groups in total. The molecule has 0 saturated carbocycles. The van der Waals surface area contributed by atoms with E-state index in [1.807, 2.05) is 47.4 Å². The summed E-state index contributed by atoms with van der Waals surface area (Å²) in [6.07, 6.45) is 0.841. The van der Waals surface area contributed by atoms with Gasteiger partial charge in [0.15, 0.2) is 17.6 Å². The molecule has 2 heterocycles. The largest absolute Gasteiger partial charge is 0.486 e. The Bertz CT molecular complexity index is 720. The number of hydrogen-bond donors (Lipinski definition) is 1. The van der Waals surface area contributed by atoms with Crippen LogP contribution in [0.25, 0.3) is 0 Å². The third-order valence-electron chi connectivity index (χ3n) is 4.51. The number of rotatable bonds is 3. The van der Waals surface area contributed by atoms with Gasteiger partial charge >= 0.3 is 6.03 Å². The second kappa shape index (κ2) is 6.43. The molecule has 0 radical (unpaired) electrons. The summed E-state index contributed by atoms with van der Waals surface area (Å²) in [4.78, 5) is 14.3. The van der Waals surface area contributed by atoms with Gasteiger partial charge in [0.2, 0.25) is 0 Å². The molecule has 0 aromatic heterocycles. The number of nitrogens with one attached hydrogen (secondary N) is 1. The van der Waals surface area contributed by atoms with Gasteiger partial charge in [0.1, 0.15) is 6.61 Å². The van der Waals surface area contributed by atoms with Gasteiger partial charge in [-0.3, -0.25) is 0 Å². The highest BCUT2D eigenvalue weighted by Gasteiger charge is 2.33. The van der Waals surface area contributed by atoms with E-state index in [4.69, 9.17) is 9.47 Å². The number of carbonyl (C=O) groups is 1. The summed E-state index contributed by atoms with van der Waals surface area (Å²) in [6.45, 7) is 1.67. The molecule has 4 rings (SSSR count). The summed E-state index contributed by atoms with van der Waals surface area (Å²) in [6, 6.07) is 17.9. The molecule has 2 aromatic rings. The van der Waals surface area contributed by atoms with Gasteiger partial charge in [-0.1, -0.05) is 42.5 Å². The number of carbonyl (C=O) groups excluding carboxylic acids is 1. The van der Waals surface area contributed by atoms with E-state index in [1.165, 1.54) is 5.56 Å². The summed E-state index contributed by atoms with van der Waals surface area (Å²) in [5, 5.41) is 2.97. The van der Waals surface area contributed by atoms with Crippen LogP contribution in [-0.2, 0) is 0 Å². The fourth-order valence-corrected chi connectivity index (χ4v) is 3.12. The Kier molecular flexibility index (Phi) is 3.99. The molecule has 0 aliphatic carbocycles. The van der Waals surface area contributed by atoms with Gasteiger partial charge in [0.05, 0.1) is 12.6 Å². The lowest BCUT2D eigenvalue weighted by molar-refractivity contribution is 0.0824. The van der Waals surface area contributed by atoms with Crippen molar-refractivity contribution in [3.05, 3.63) is 60.2 Å². The summed E-state index contributed by atoms with van der Waals surface area (Å²) in [7, 11) is 0. The number of benzene rings is 2. The minimum absolute atomic E-state index is 0.0439. The van der Waals surface area contributed by atoms with Gasteiger partial charge < -0.3 is 19.7 Å². The Hall–Kier alpha value is -2.69. The topological polar surface area (TPSA) is 50.8 Å². The van der Waals surface area contributed by atoms with E-state index < -0.39 is 0 Å². The average molecular weight is 324 g/mol. The minimum atomic E-state index is -0.166. The Morgan fingerprint density at radius 3 is 2.58 bits per heavy atom. The summed E-state index contributed by atoms with van der Waals surface area (Å²) >= 11 is 0. The van der Waals surface area contributed by atoms with Crippen LogP contribution < -0.4 is 14.8 Å². The van der Waals surface area contributed by atoms with E-state index in [2.05, 4.69) is 17.4 Å². The first-order chi connectivity index (χ1) is 11.8. The number of urea groups is 1. The van der Waals surface area contributed by atoms with Crippen molar-refractivity contribution in [3.63, 3.8) is 0 Å². The van der Waals surface area contributed by atoms with Crippen LogP contribution >= 0.6 is 0 Å². The van der Waals surface area contributed by atoms with Crippen molar-refractivity contribution < 1.29 is 14.3 Å². The molecule has 0 bridgehead atoms. The number of para-hydroxylation sites is 2. The van der Waals surface area contributed by atoms with Gasteiger partial charge in [-0.05, 0) is 24.1 Å². The predicted octanol–water partition coefficient (Wildman–Crippen LogP) is 2.98. The van der Waals surface area contributed by atoms with E-state index in [0.717, 1.165) is 24.5 Å². The zero-order chi connectivity index (χ0) is 16.4. The number of hydrogen-bond acceptors (Lipinski definition) is 3. The Balaban J connectivity index is 1.31. The SMILES string of the molecule is O=C(NC[C@@H]1COc2ccccc2O1)N1CC[C@@H]1c1ccccc1. The Labute approximate surface area is 141 Å². The molecule has 2 aliphatic heterocycles. The second-order valence-corrected chi connectivity index (χ2v) is 6.09. The third kappa shape index (κ3) is 2.89. The molecule has 2 aromatic carbocycles. The smallest absolute Gasteiger partial charge is 0.318 e. The van der Waals surface area contributed by atoms with Gasteiger partial charge in [-0.25, -0.2) is 4.79 Å². The predicted molar refractivity (Wildman–Crippen MR) is 90.3 cm³/mol. The lowest BCUT2D eigenvalue weighted by Crippen LogP contribution is -2.52. The van der Waals surface area contributed by atoms with Gasteiger partial charge in [-0.15, -0.1) is 0 Å². The van der Waals surface area contributed by atoms with Crippen molar-refractivity contribution in [1.29, 1.82) is 0 Å². The van der Waals surface area contributed by atoms with Crippen LogP contribution in [0.5, 0.6) is 11.5 Å². The highest BCUT2D eigenvalue weighted by Crippen LogP contribution is 2.33. The quantitative estimate of drug-likeness (QED) is 0.944. The molecular formula is C19H20N2O3. The number of likely N-dealkylation sites (tertiary alicyclic amines) is 1. The van der Waals surface area contributed by atoms with Crippen molar-refractivity contribution in [3.8, 4) is 11.5 Å². The first-order valence-corrected chi connectivity index (χ1v) is 8.29. The normalized spacial score (nSPS) is 21.8. The number of ether oxygens (including phenoxy) is 2. The molecule has 24 heavy (non-hydrogen) atoms. The van der Waals surface area contributed by atoms with E-state index in [0.29, 0.717) is 13.2 Å². The first kappa shape index (κ1) is 14.9. The lowest BCUT2D eigenvalue weighted by Gasteiger charge is -2.41. The van der Waals surface area contributed by atoms with Crippen LogP contribution in [0, 0.1) is 0 Å². The first-order valence-electron chi connectivity index (χ1n) is 8.29. The summed E-state index contributed by atoms with van der Waals surface area (Å²) in [5.41, 5.74) is 1.19. The highest BCUT2D eigenvalue weighted by atomic mass is 16.6. The lowest BCUT2D eigenvalue weighted by atomic mass is 9.95. The molecule has 1 saturated heterocycles. The Morgan fingerprint density at radius 1 is 1.08 bits per heavy atom. The van der Waals surface area contributed by atoms with Gasteiger partial charge in [-0.2, -0.15) is 0 Å².